The minimum atomic E-state index is -2.69. The molecule has 0 aliphatic heterocycles. The number of hydrogen-bond donors (Lipinski definition) is 1. The van der Waals surface area contributed by atoms with Crippen LogP contribution in [0.3, 0.4) is 0 Å². The molecular formula is C21H18BrF2N3OS. The van der Waals surface area contributed by atoms with E-state index >= 15 is 0 Å². The van der Waals surface area contributed by atoms with Crippen LogP contribution in [0.5, 0.6) is 0 Å². The second-order valence-corrected chi connectivity index (χ2v) is 8.68. The largest absolute Gasteiger partial charge is 0.323 e. The molecule has 150 valence electrons. The molecule has 0 spiro atoms. The third kappa shape index (κ3) is 4.70. The minimum Gasteiger partial charge on any atom is -0.323 e. The Morgan fingerprint density at radius 1 is 1.17 bits per heavy atom. The first-order valence-corrected chi connectivity index (χ1v) is 10.8. The molecule has 1 saturated carbocycles. The molecular weight excluding hydrogens is 460 g/mol. The molecule has 1 fully saturated rings. The van der Waals surface area contributed by atoms with Crippen molar-refractivity contribution in [2.45, 2.75) is 41.5 Å². The van der Waals surface area contributed by atoms with Gasteiger partial charge >= 0.3 is 0 Å². The lowest BCUT2D eigenvalue weighted by Gasteiger charge is -2.12. The molecule has 0 unspecified atom stereocenters. The van der Waals surface area contributed by atoms with Gasteiger partial charge in [-0.2, -0.15) is 5.10 Å². The monoisotopic (exact) mass is 477 g/mol. The highest BCUT2D eigenvalue weighted by atomic mass is 79.9. The number of rotatable bonds is 7. The predicted molar refractivity (Wildman–Crippen MR) is 112 cm³/mol. The molecule has 1 N–H and O–H groups in total. The number of nitrogens with one attached hydrogen (secondary N) is 1. The SMILES string of the molecule is O=C(Cn1nc(C(F)F)c(Br)c1C1CC1)Nc1ccccc1Sc1ccccc1. The lowest BCUT2D eigenvalue weighted by Crippen LogP contribution is -2.21. The number of carbonyl (C=O) groups is 1. The molecule has 0 atom stereocenters. The first-order valence-electron chi connectivity index (χ1n) is 9.19. The van der Waals surface area contributed by atoms with Crippen LogP contribution in [-0.2, 0) is 11.3 Å². The maximum atomic E-state index is 13.2. The summed E-state index contributed by atoms with van der Waals surface area (Å²) >= 11 is 4.80. The molecule has 29 heavy (non-hydrogen) atoms. The maximum absolute atomic E-state index is 13.2. The molecule has 1 aliphatic rings. The van der Waals surface area contributed by atoms with E-state index < -0.39 is 6.43 Å². The van der Waals surface area contributed by atoms with Crippen LogP contribution in [0.25, 0.3) is 0 Å². The van der Waals surface area contributed by atoms with Gasteiger partial charge in [0.25, 0.3) is 6.43 Å². The van der Waals surface area contributed by atoms with Gasteiger partial charge in [-0.3, -0.25) is 9.48 Å². The molecule has 1 amide bonds. The standard InChI is InChI=1S/C21H18BrF2N3OS/c22-18-19(21(23)24)26-27(20(18)13-10-11-13)12-17(28)25-15-8-4-5-9-16(15)29-14-6-2-1-3-7-14/h1-9,13,21H,10-12H2,(H,25,28). The summed E-state index contributed by atoms with van der Waals surface area (Å²) in [6, 6.07) is 17.4. The Morgan fingerprint density at radius 2 is 1.86 bits per heavy atom. The van der Waals surface area contributed by atoms with E-state index in [0.29, 0.717) is 15.9 Å². The molecule has 0 saturated heterocycles. The van der Waals surface area contributed by atoms with Crippen LogP contribution in [0, 0.1) is 0 Å². The Bertz CT molecular complexity index is 1020. The van der Waals surface area contributed by atoms with E-state index in [1.165, 1.54) is 4.68 Å². The number of aromatic nitrogens is 2. The molecule has 1 aliphatic carbocycles. The smallest absolute Gasteiger partial charge is 0.283 e. The van der Waals surface area contributed by atoms with Crippen molar-refractivity contribution in [3.63, 3.8) is 0 Å². The van der Waals surface area contributed by atoms with Crippen molar-refractivity contribution in [2.24, 2.45) is 0 Å². The zero-order valence-electron chi connectivity index (χ0n) is 15.3. The Kier molecular flexibility index (Phi) is 6.01. The van der Waals surface area contributed by atoms with E-state index in [1.807, 2.05) is 54.6 Å². The number of hydrogen-bond acceptors (Lipinski definition) is 3. The second kappa shape index (κ2) is 8.67. The van der Waals surface area contributed by atoms with Crippen LogP contribution < -0.4 is 5.32 Å². The molecule has 1 aromatic heterocycles. The third-order valence-corrected chi connectivity index (χ3v) is 6.45. The normalized spacial score (nSPS) is 13.7. The molecule has 4 nitrogen and oxygen atoms in total. The number of para-hydroxylation sites is 1. The average Bonchev–Trinajstić information content (AvgIpc) is 3.48. The fraction of sp³-hybridized carbons (Fsp3) is 0.238. The number of alkyl halides is 2. The van der Waals surface area contributed by atoms with Gasteiger partial charge in [-0.25, -0.2) is 8.78 Å². The number of anilines is 1. The number of halogens is 3. The molecule has 0 bridgehead atoms. The van der Waals surface area contributed by atoms with Crippen molar-refractivity contribution in [2.75, 3.05) is 5.32 Å². The summed E-state index contributed by atoms with van der Waals surface area (Å²) in [7, 11) is 0. The fourth-order valence-electron chi connectivity index (χ4n) is 3.08. The van der Waals surface area contributed by atoms with E-state index in [4.69, 9.17) is 0 Å². The van der Waals surface area contributed by atoms with Crippen LogP contribution in [-0.4, -0.2) is 15.7 Å². The van der Waals surface area contributed by atoms with Gasteiger partial charge in [-0.1, -0.05) is 42.1 Å². The zero-order chi connectivity index (χ0) is 20.4. The first kappa shape index (κ1) is 20.1. The highest BCUT2D eigenvalue weighted by Crippen LogP contribution is 2.45. The Hall–Kier alpha value is -2.19. The fourth-order valence-corrected chi connectivity index (χ4v) is 4.78. The van der Waals surface area contributed by atoms with Crippen LogP contribution in [0.15, 0.2) is 68.9 Å². The summed E-state index contributed by atoms with van der Waals surface area (Å²) in [5, 5.41) is 6.90. The van der Waals surface area contributed by atoms with Crippen molar-refractivity contribution in [1.82, 2.24) is 9.78 Å². The van der Waals surface area contributed by atoms with Crippen molar-refractivity contribution in [3.05, 3.63) is 70.5 Å². The van der Waals surface area contributed by atoms with Crippen molar-refractivity contribution >= 4 is 39.3 Å². The molecule has 0 radical (unpaired) electrons. The van der Waals surface area contributed by atoms with Gasteiger partial charge in [0.05, 0.1) is 15.9 Å². The summed E-state index contributed by atoms with van der Waals surface area (Å²) in [6.45, 7) is -0.110. The first-order chi connectivity index (χ1) is 14.0. The third-order valence-electron chi connectivity index (χ3n) is 4.55. The van der Waals surface area contributed by atoms with Gasteiger partial charge in [-0.05, 0) is 53.0 Å². The lowest BCUT2D eigenvalue weighted by atomic mass is 10.2. The quantitative estimate of drug-likeness (QED) is 0.437. The number of carbonyl (C=O) groups excluding carboxylic acids is 1. The van der Waals surface area contributed by atoms with Crippen LogP contribution in [0.2, 0.25) is 0 Å². The van der Waals surface area contributed by atoms with E-state index in [1.54, 1.807) is 11.8 Å². The van der Waals surface area contributed by atoms with Crippen LogP contribution in [0.4, 0.5) is 14.5 Å². The molecule has 8 heteroatoms. The Morgan fingerprint density at radius 3 is 2.55 bits per heavy atom. The van der Waals surface area contributed by atoms with E-state index in [9.17, 15) is 13.6 Å². The van der Waals surface area contributed by atoms with Gasteiger partial charge in [0.2, 0.25) is 5.91 Å². The van der Waals surface area contributed by atoms with E-state index in [-0.39, 0.29) is 24.1 Å². The number of amides is 1. The summed E-state index contributed by atoms with van der Waals surface area (Å²) in [5.74, 6) is -0.123. The van der Waals surface area contributed by atoms with Gasteiger partial charge in [0.1, 0.15) is 12.2 Å². The molecule has 4 rings (SSSR count). The van der Waals surface area contributed by atoms with Gasteiger partial charge in [-0.15, -0.1) is 0 Å². The number of nitrogens with zero attached hydrogens (tertiary/aromatic N) is 2. The second-order valence-electron chi connectivity index (χ2n) is 6.78. The van der Waals surface area contributed by atoms with Crippen molar-refractivity contribution in [3.8, 4) is 0 Å². The lowest BCUT2D eigenvalue weighted by molar-refractivity contribution is -0.117. The molecule has 2 aromatic carbocycles. The van der Waals surface area contributed by atoms with Crippen LogP contribution >= 0.6 is 27.7 Å². The van der Waals surface area contributed by atoms with Gasteiger partial charge in [0, 0.05) is 15.7 Å². The number of benzene rings is 2. The summed E-state index contributed by atoms with van der Waals surface area (Å²) < 4.78 is 28.2. The highest BCUT2D eigenvalue weighted by molar-refractivity contribution is 9.10. The van der Waals surface area contributed by atoms with Gasteiger partial charge < -0.3 is 5.32 Å². The summed E-state index contributed by atoms with van der Waals surface area (Å²) in [4.78, 5) is 14.7. The van der Waals surface area contributed by atoms with E-state index in [0.717, 1.165) is 22.6 Å². The van der Waals surface area contributed by atoms with Crippen molar-refractivity contribution < 1.29 is 13.6 Å². The highest BCUT2D eigenvalue weighted by Gasteiger charge is 2.34. The predicted octanol–water partition coefficient (Wildman–Crippen LogP) is 6.25. The Labute approximate surface area is 179 Å². The summed E-state index contributed by atoms with van der Waals surface area (Å²) in [5.41, 5.74) is 1.06. The topological polar surface area (TPSA) is 46.9 Å². The minimum absolute atomic E-state index is 0.110. The van der Waals surface area contributed by atoms with Crippen LogP contribution in [0.1, 0.15) is 36.6 Å². The summed E-state index contributed by atoms with van der Waals surface area (Å²) in [6.07, 6.45) is -0.842. The molecule has 3 aromatic rings. The zero-order valence-corrected chi connectivity index (χ0v) is 17.7. The van der Waals surface area contributed by atoms with Crippen molar-refractivity contribution in [1.29, 1.82) is 0 Å². The van der Waals surface area contributed by atoms with E-state index in [2.05, 4.69) is 26.3 Å². The average molecular weight is 478 g/mol. The molecule has 1 heterocycles. The van der Waals surface area contributed by atoms with Gasteiger partial charge in [0.15, 0.2) is 0 Å². The maximum Gasteiger partial charge on any atom is 0.283 e. The Balaban J connectivity index is 1.52.